The van der Waals surface area contributed by atoms with Crippen LogP contribution >= 0.6 is 0 Å². The van der Waals surface area contributed by atoms with E-state index in [1.807, 2.05) is 13.0 Å². The third kappa shape index (κ3) is 3.00. The average Bonchev–Trinajstić information content (AvgIpc) is 3.17. The maximum atomic E-state index is 11.5. The topological polar surface area (TPSA) is 26.3 Å². The Hall–Kier alpha value is -1.57. The summed E-state index contributed by atoms with van der Waals surface area (Å²) in [4.78, 5) is 11.5. The Bertz CT molecular complexity index is 434. The van der Waals surface area contributed by atoms with E-state index < -0.39 is 0 Å². The molecule has 2 atom stereocenters. The largest absolute Gasteiger partial charge is 0.463 e. The van der Waals surface area contributed by atoms with Gasteiger partial charge in [-0.25, -0.2) is 4.79 Å². The van der Waals surface area contributed by atoms with Gasteiger partial charge in [0.2, 0.25) is 0 Å². The Balaban J connectivity index is 2.02. The molecule has 0 spiro atoms. The van der Waals surface area contributed by atoms with E-state index in [1.165, 1.54) is 11.1 Å². The molecule has 1 aromatic carbocycles. The highest BCUT2D eigenvalue weighted by molar-refractivity contribution is 5.83. The number of hydrogen-bond acceptors (Lipinski definition) is 2. The zero-order chi connectivity index (χ0) is 13.0. The van der Waals surface area contributed by atoms with Gasteiger partial charge < -0.3 is 4.74 Å². The van der Waals surface area contributed by atoms with E-state index in [-0.39, 0.29) is 5.97 Å². The van der Waals surface area contributed by atoms with Crippen LogP contribution < -0.4 is 0 Å². The first-order chi connectivity index (χ1) is 8.76. The third-order valence-electron chi connectivity index (χ3n) is 3.49. The molecule has 0 radical (unpaired) electrons. The van der Waals surface area contributed by atoms with Crippen LogP contribution in [0.4, 0.5) is 0 Å². The van der Waals surface area contributed by atoms with E-state index in [9.17, 15) is 4.79 Å². The van der Waals surface area contributed by atoms with Crippen molar-refractivity contribution in [2.24, 2.45) is 5.92 Å². The molecular formula is C16H20O2. The van der Waals surface area contributed by atoms with Crippen molar-refractivity contribution in [1.82, 2.24) is 0 Å². The summed E-state index contributed by atoms with van der Waals surface area (Å²) in [6.45, 7) is 4.38. The lowest BCUT2D eigenvalue weighted by molar-refractivity contribution is -0.137. The number of carbonyl (C=O) groups is 1. The number of esters is 1. The number of allylic oxidation sites excluding steroid dienone is 1. The lowest BCUT2D eigenvalue weighted by atomic mass is 10.0. The van der Waals surface area contributed by atoms with Gasteiger partial charge in [-0.15, -0.1) is 0 Å². The van der Waals surface area contributed by atoms with Gasteiger partial charge in [-0.2, -0.15) is 0 Å². The molecule has 2 heteroatoms. The second-order valence-electron chi connectivity index (χ2n) is 4.68. The number of ether oxygens (including phenoxy) is 1. The van der Waals surface area contributed by atoms with Crippen LogP contribution in [0.2, 0.25) is 0 Å². The van der Waals surface area contributed by atoms with Crippen LogP contribution in [0.5, 0.6) is 0 Å². The Morgan fingerprint density at radius 3 is 2.67 bits per heavy atom. The number of hydrogen-bond donors (Lipinski definition) is 0. The molecule has 0 aromatic heterocycles. The molecule has 1 aliphatic rings. The van der Waals surface area contributed by atoms with Gasteiger partial charge in [-0.1, -0.05) is 42.8 Å². The quantitative estimate of drug-likeness (QED) is 0.583. The molecule has 0 bridgehead atoms. The molecule has 0 N–H and O–H groups in total. The van der Waals surface area contributed by atoms with Gasteiger partial charge in [0.25, 0.3) is 0 Å². The average molecular weight is 244 g/mol. The van der Waals surface area contributed by atoms with Crippen molar-refractivity contribution in [2.75, 3.05) is 6.61 Å². The Labute approximate surface area is 109 Å². The van der Waals surface area contributed by atoms with Gasteiger partial charge >= 0.3 is 5.97 Å². The van der Waals surface area contributed by atoms with Crippen molar-refractivity contribution in [3.63, 3.8) is 0 Å². The van der Waals surface area contributed by atoms with Gasteiger partial charge in [0.05, 0.1) is 6.61 Å². The summed E-state index contributed by atoms with van der Waals surface area (Å²) in [5.74, 6) is 0.918. The smallest absolute Gasteiger partial charge is 0.330 e. The summed E-state index contributed by atoms with van der Waals surface area (Å²) in [6, 6.07) is 10.5. The van der Waals surface area contributed by atoms with E-state index in [1.54, 1.807) is 6.08 Å². The second kappa shape index (κ2) is 5.85. The van der Waals surface area contributed by atoms with E-state index in [4.69, 9.17) is 4.74 Å². The van der Waals surface area contributed by atoms with Gasteiger partial charge in [0.1, 0.15) is 0 Å². The summed E-state index contributed by atoms with van der Waals surface area (Å²) >= 11 is 0. The summed E-state index contributed by atoms with van der Waals surface area (Å²) in [5, 5.41) is 0. The molecule has 0 aliphatic heterocycles. The maximum absolute atomic E-state index is 11.5. The van der Waals surface area contributed by atoms with Crippen molar-refractivity contribution in [3.05, 3.63) is 47.5 Å². The minimum atomic E-state index is -0.201. The van der Waals surface area contributed by atoms with Crippen molar-refractivity contribution in [3.8, 4) is 0 Å². The van der Waals surface area contributed by atoms with Crippen LogP contribution in [0, 0.1) is 5.92 Å². The monoisotopic (exact) mass is 244 g/mol. The number of rotatable bonds is 5. The van der Waals surface area contributed by atoms with Crippen LogP contribution in [0.3, 0.4) is 0 Å². The van der Waals surface area contributed by atoms with E-state index in [0.717, 1.165) is 12.8 Å². The van der Waals surface area contributed by atoms with Gasteiger partial charge in [-0.3, -0.25) is 0 Å². The zero-order valence-corrected chi connectivity index (χ0v) is 11.1. The van der Waals surface area contributed by atoms with E-state index in [0.29, 0.717) is 18.4 Å². The van der Waals surface area contributed by atoms with Crippen LogP contribution in [-0.2, 0) is 9.53 Å². The summed E-state index contributed by atoms with van der Waals surface area (Å²) in [5.41, 5.74) is 2.60. The molecule has 0 amide bonds. The van der Waals surface area contributed by atoms with Gasteiger partial charge in [0.15, 0.2) is 0 Å². The fourth-order valence-corrected chi connectivity index (χ4v) is 2.48. The van der Waals surface area contributed by atoms with Crippen LogP contribution in [0.25, 0.3) is 0 Å². The van der Waals surface area contributed by atoms with Crippen molar-refractivity contribution in [1.29, 1.82) is 0 Å². The molecule has 0 unspecified atom stereocenters. The van der Waals surface area contributed by atoms with E-state index in [2.05, 4.69) is 31.2 Å². The van der Waals surface area contributed by atoms with Crippen LogP contribution in [0.15, 0.2) is 42.0 Å². The molecule has 0 saturated heterocycles. The fraction of sp³-hybridized carbons (Fsp3) is 0.438. The fourth-order valence-electron chi connectivity index (χ4n) is 2.48. The highest BCUT2D eigenvalue weighted by atomic mass is 16.5. The Morgan fingerprint density at radius 1 is 1.33 bits per heavy atom. The van der Waals surface area contributed by atoms with Crippen molar-refractivity contribution >= 4 is 5.97 Å². The molecule has 0 heterocycles. The van der Waals surface area contributed by atoms with Gasteiger partial charge in [-0.05, 0) is 37.2 Å². The Kier molecular flexibility index (Phi) is 4.19. The second-order valence-corrected chi connectivity index (χ2v) is 4.68. The SMILES string of the molecule is CCOC(=O)/C=C(/CC)[C@@H]1C[C@H]1c1ccccc1. The van der Waals surface area contributed by atoms with Crippen LogP contribution in [-0.4, -0.2) is 12.6 Å². The minimum absolute atomic E-state index is 0.201. The Morgan fingerprint density at radius 2 is 2.06 bits per heavy atom. The molecule has 1 aromatic rings. The standard InChI is InChI=1S/C16H20O2/c1-3-12(10-16(17)18-4-2)14-11-15(14)13-8-6-5-7-9-13/h5-10,14-15H,3-4,11H2,1-2H3/b12-10-/t14-,15-/m0/s1. The highest BCUT2D eigenvalue weighted by Crippen LogP contribution is 2.52. The lowest BCUT2D eigenvalue weighted by Gasteiger charge is -2.04. The molecule has 2 rings (SSSR count). The normalized spacial score (nSPS) is 22.7. The number of benzene rings is 1. The molecule has 1 aliphatic carbocycles. The molecular weight excluding hydrogens is 224 g/mol. The number of carbonyl (C=O) groups excluding carboxylic acids is 1. The summed E-state index contributed by atoms with van der Waals surface area (Å²) < 4.78 is 4.98. The summed E-state index contributed by atoms with van der Waals surface area (Å²) in [7, 11) is 0. The van der Waals surface area contributed by atoms with Crippen molar-refractivity contribution in [2.45, 2.75) is 32.6 Å². The summed E-state index contributed by atoms with van der Waals surface area (Å²) in [6.07, 6.45) is 3.77. The highest BCUT2D eigenvalue weighted by Gasteiger charge is 2.40. The first-order valence-electron chi connectivity index (χ1n) is 6.68. The maximum Gasteiger partial charge on any atom is 0.330 e. The lowest BCUT2D eigenvalue weighted by Crippen LogP contribution is -2.02. The molecule has 1 fully saturated rings. The van der Waals surface area contributed by atoms with Crippen LogP contribution in [0.1, 0.15) is 38.2 Å². The van der Waals surface area contributed by atoms with Crippen molar-refractivity contribution < 1.29 is 9.53 Å². The molecule has 96 valence electrons. The van der Waals surface area contributed by atoms with Gasteiger partial charge in [0, 0.05) is 6.08 Å². The first kappa shape index (κ1) is 12.9. The predicted molar refractivity (Wildman–Crippen MR) is 72.3 cm³/mol. The first-order valence-corrected chi connectivity index (χ1v) is 6.68. The molecule has 2 nitrogen and oxygen atoms in total. The minimum Gasteiger partial charge on any atom is -0.463 e. The van der Waals surface area contributed by atoms with E-state index >= 15 is 0 Å². The predicted octanol–water partition coefficient (Wildman–Crippen LogP) is 3.69. The third-order valence-corrected chi connectivity index (χ3v) is 3.49. The zero-order valence-electron chi connectivity index (χ0n) is 11.1. The molecule has 18 heavy (non-hydrogen) atoms. The molecule has 1 saturated carbocycles.